The van der Waals surface area contributed by atoms with Gasteiger partial charge in [-0.2, -0.15) is 0 Å². The van der Waals surface area contributed by atoms with Crippen LogP contribution < -0.4 is 0 Å². The molecule has 0 amide bonds. The lowest BCUT2D eigenvalue weighted by Crippen LogP contribution is -2.08. The molecule has 2 heteroatoms. The molecular formula is C11H20O2. The van der Waals surface area contributed by atoms with Crippen LogP contribution in [-0.4, -0.2) is 11.1 Å². The lowest BCUT2D eigenvalue weighted by molar-refractivity contribution is -0.141. The molecule has 1 N–H and O–H groups in total. The standard InChI is InChI=1S/C11H20O2/c1-4-6-9(2)7-5-8-10(3)11(12)13/h6,10H,4-5,7-8H2,1-3H3,(H,12,13)/b9-6+. The summed E-state index contributed by atoms with van der Waals surface area (Å²) in [6, 6.07) is 0. The smallest absolute Gasteiger partial charge is 0.306 e. The van der Waals surface area contributed by atoms with Gasteiger partial charge in [-0.25, -0.2) is 0 Å². The van der Waals surface area contributed by atoms with Gasteiger partial charge in [0.2, 0.25) is 0 Å². The molecule has 0 aliphatic rings. The van der Waals surface area contributed by atoms with Crippen molar-refractivity contribution in [3.8, 4) is 0 Å². The Bertz CT molecular complexity index is 183. The maximum atomic E-state index is 10.5. The molecule has 0 saturated carbocycles. The SMILES string of the molecule is CC/C=C(\C)CCCC(C)C(=O)O. The number of allylic oxidation sites excluding steroid dienone is 2. The van der Waals surface area contributed by atoms with Gasteiger partial charge in [-0.3, -0.25) is 4.79 Å². The van der Waals surface area contributed by atoms with E-state index in [2.05, 4.69) is 19.9 Å². The van der Waals surface area contributed by atoms with Crippen LogP contribution in [0, 0.1) is 5.92 Å². The van der Waals surface area contributed by atoms with Crippen LogP contribution in [0.25, 0.3) is 0 Å². The largest absolute Gasteiger partial charge is 0.481 e. The molecule has 0 spiro atoms. The molecule has 76 valence electrons. The maximum Gasteiger partial charge on any atom is 0.306 e. The first-order chi connectivity index (χ1) is 6.07. The Hall–Kier alpha value is -0.790. The average molecular weight is 184 g/mol. The molecule has 13 heavy (non-hydrogen) atoms. The Morgan fingerprint density at radius 3 is 2.62 bits per heavy atom. The number of carbonyl (C=O) groups is 1. The van der Waals surface area contributed by atoms with E-state index < -0.39 is 5.97 Å². The van der Waals surface area contributed by atoms with Crippen molar-refractivity contribution >= 4 is 5.97 Å². The van der Waals surface area contributed by atoms with Crippen LogP contribution in [0.1, 0.15) is 46.5 Å². The molecule has 0 aromatic heterocycles. The van der Waals surface area contributed by atoms with E-state index in [1.807, 2.05) is 0 Å². The van der Waals surface area contributed by atoms with Gasteiger partial charge < -0.3 is 5.11 Å². The van der Waals surface area contributed by atoms with Gasteiger partial charge in [-0.05, 0) is 32.6 Å². The summed E-state index contributed by atoms with van der Waals surface area (Å²) in [5, 5.41) is 8.64. The van der Waals surface area contributed by atoms with Gasteiger partial charge in [-0.1, -0.05) is 25.5 Å². The zero-order chi connectivity index (χ0) is 10.3. The number of carboxylic acid groups (broad SMARTS) is 1. The van der Waals surface area contributed by atoms with Crippen LogP contribution in [0.15, 0.2) is 11.6 Å². The average Bonchev–Trinajstić information content (AvgIpc) is 2.04. The van der Waals surface area contributed by atoms with Crippen molar-refractivity contribution in [2.24, 2.45) is 5.92 Å². The minimum absolute atomic E-state index is 0.200. The van der Waals surface area contributed by atoms with Crippen LogP contribution in [0.5, 0.6) is 0 Å². The van der Waals surface area contributed by atoms with Crippen molar-refractivity contribution in [1.29, 1.82) is 0 Å². The molecule has 0 heterocycles. The van der Waals surface area contributed by atoms with Gasteiger partial charge in [0.1, 0.15) is 0 Å². The fourth-order valence-electron chi connectivity index (χ4n) is 1.26. The second-order valence-electron chi connectivity index (χ2n) is 3.59. The summed E-state index contributed by atoms with van der Waals surface area (Å²) < 4.78 is 0. The Kier molecular flexibility index (Phi) is 6.29. The van der Waals surface area contributed by atoms with E-state index >= 15 is 0 Å². The fraction of sp³-hybridized carbons (Fsp3) is 0.727. The van der Waals surface area contributed by atoms with Gasteiger partial charge in [-0.15, -0.1) is 0 Å². The molecule has 0 saturated heterocycles. The summed E-state index contributed by atoms with van der Waals surface area (Å²) in [5.41, 5.74) is 1.38. The monoisotopic (exact) mass is 184 g/mol. The van der Waals surface area contributed by atoms with E-state index in [1.165, 1.54) is 5.57 Å². The van der Waals surface area contributed by atoms with E-state index in [0.717, 1.165) is 25.7 Å². The number of rotatable bonds is 6. The zero-order valence-electron chi connectivity index (χ0n) is 8.84. The van der Waals surface area contributed by atoms with E-state index in [9.17, 15) is 4.79 Å². The highest BCUT2D eigenvalue weighted by Crippen LogP contribution is 2.12. The number of hydrogen-bond acceptors (Lipinski definition) is 1. The minimum atomic E-state index is -0.683. The summed E-state index contributed by atoms with van der Waals surface area (Å²) in [5.74, 6) is -0.883. The molecule has 0 rings (SSSR count). The second-order valence-corrected chi connectivity index (χ2v) is 3.59. The fourth-order valence-corrected chi connectivity index (χ4v) is 1.26. The Labute approximate surface area is 80.7 Å². The van der Waals surface area contributed by atoms with Crippen molar-refractivity contribution in [2.45, 2.75) is 46.5 Å². The van der Waals surface area contributed by atoms with Crippen molar-refractivity contribution in [3.05, 3.63) is 11.6 Å². The molecule has 0 aromatic rings. The molecule has 0 bridgehead atoms. The molecule has 0 aromatic carbocycles. The summed E-state index contributed by atoms with van der Waals surface area (Å²) in [7, 11) is 0. The molecule has 1 atom stereocenters. The highest BCUT2D eigenvalue weighted by molar-refractivity contribution is 5.69. The molecule has 0 aliphatic heterocycles. The third kappa shape index (κ3) is 6.38. The van der Waals surface area contributed by atoms with Crippen molar-refractivity contribution < 1.29 is 9.90 Å². The van der Waals surface area contributed by atoms with Gasteiger partial charge in [0.25, 0.3) is 0 Å². The number of hydrogen-bond donors (Lipinski definition) is 1. The maximum absolute atomic E-state index is 10.5. The normalized spacial score (nSPS) is 14.2. The lowest BCUT2D eigenvalue weighted by atomic mass is 10.0. The van der Waals surface area contributed by atoms with Crippen LogP contribution >= 0.6 is 0 Å². The molecule has 0 fully saturated rings. The first kappa shape index (κ1) is 12.2. The molecular weight excluding hydrogens is 164 g/mol. The number of carboxylic acids is 1. The molecule has 2 nitrogen and oxygen atoms in total. The Balaban J connectivity index is 3.56. The van der Waals surface area contributed by atoms with Crippen LogP contribution in [-0.2, 0) is 4.79 Å². The van der Waals surface area contributed by atoms with E-state index in [0.29, 0.717) is 0 Å². The lowest BCUT2D eigenvalue weighted by Gasteiger charge is -2.05. The summed E-state index contributed by atoms with van der Waals surface area (Å²) in [6.07, 6.45) is 6.07. The van der Waals surface area contributed by atoms with Crippen LogP contribution in [0.4, 0.5) is 0 Å². The molecule has 0 radical (unpaired) electrons. The first-order valence-electron chi connectivity index (χ1n) is 4.96. The van der Waals surface area contributed by atoms with Crippen molar-refractivity contribution in [3.63, 3.8) is 0 Å². The first-order valence-corrected chi connectivity index (χ1v) is 4.96. The van der Waals surface area contributed by atoms with Gasteiger partial charge in [0, 0.05) is 0 Å². The minimum Gasteiger partial charge on any atom is -0.481 e. The summed E-state index contributed by atoms with van der Waals surface area (Å²) >= 11 is 0. The van der Waals surface area contributed by atoms with Crippen molar-refractivity contribution in [1.82, 2.24) is 0 Å². The Morgan fingerprint density at radius 1 is 1.54 bits per heavy atom. The van der Waals surface area contributed by atoms with E-state index in [4.69, 9.17) is 5.11 Å². The van der Waals surface area contributed by atoms with Gasteiger partial charge in [0.05, 0.1) is 5.92 Å². The third-order valence-corrected chi connectivity index (χ3v) is 2.18. The van der Waals surface area contributed by atoms with Gasteiger partial charge >= 0.3 is 5.97 Å². The third-order valence-electron chi connectivity index (χ3n) is 2.18. The van der Waals surface area contributed by atoms with Crippen molar-refractivity contribution in [2.75, 3.05) is 0 Å². The summed E-state index contributed by atoms with van der Waals surface area (Å²) in [6.45, 7) is 5.99. The Morgan fingerprint density at radius 2 is 2.15 bits per heavy atom. The second kappa shape index (κ2) is 6.70. The summed E-state index contributed by atoms with van der Waals surface area (Å²) in [4.78, 5) is 10.5. The molecule has 1 unspecified atom stereocenters. The van der Waals surface area contributed by atoms with E-state index in [1.54, 1.807) is 6.92 Å². The van der Waals surface area contributed by atoms with Crippen LogP contribution in [0.3, 0.4) is 0 Å². The topological polar surface area (TPSA) is 37.3 Å². The highest BCUT2D eigenvalue weighted by atomic mass is 16.4. The van der Waals surface area contributed by atoms with E-state index in [-0.39, 0.29) is 5.92 Å². The van der Waals surface area contributed by atoms with Crippen LogP contribution in [0.2, 0.25) is 0 Å². The van der Waals surface area contributed by atoms with Gasteiger partial charge in [0.15, 0.2) is 0 Å². The zero-order valence-corrected chi connectivity index (χ0v) is 8.84. The highest BCUT2D eigenvalue weighted by Gasteiger charge is 2.09. The predicted molar refractivity (Wildman–Crippen MR) is 54.7 cm³/mol. The number of aliphatic carboxylic acids is 1. The quantitative estimate of drug-likeness (QED) is 0.643. The predicted octanol–water partition coefficient (Wildman–Crippen LogP) is 3.23. The molecule has 0 aliphatic carbocycles.